The van der Waals surface area contributed by atoms with Gasteiger partial charge in [-0.3, -0.25) is 9.69 Å². The number of carbonyl (C=O) groups excluding carboxylic acids is 1. The molecule has 2 fully saturated rings. The van der Waals surface area contributed by atoms with E-state index in [4.69, 9.17) is 18.9 Å². The van der Waals surface area contributed by atoms with Crippen LogP contribution in [0.15, 0.2) is 18.2 Å². The number of nitrogens with zero attached hydrogens (tertiary/aromatic N) is 1. The second-order valence-corrected chi connectivity index (χ2v) is 7.72. The van der Waals surface area contributed by atoms with Gasteiger partial charge >= 0.3 is 5.97 Å². The normalized spacial score (nSPS) is 24.6. The first-order valence-corrected chi connectivity index (χ1v) is 10.3. The van der Waals surface area contributed by atoms with E-state index in [2.05, 4.69) is 11.0 Å². The van der Waals surface area contributed by atoms with Crippen molar-refractivity contribution in [2.75, 3.05) is 33.9 Å². The van der Waals surface area contributed by atoms with E-state index in [0.29, 0.717) is 12.6 Å². The summed E-state index contributed by atoms with van der Waals surface area (Å²) in [5.41, 5.74) is 1.18. The summed E-state index contributed by atoms with van der Waals surface area (Å²) < 4.78 is 22.4. The highest BCUT2D eigenvalue weighted by Gasteiger charge is 2.36. The Morgan fingerprint density at radius 2 is 1.86 bits per heavy atom. The number of likely N-dealkylation sites (tertiary alicyclic amines) is 1. The van der Waals surface area contributed by atoms with Crippen molar-refractivity contribution in [3.05, 3.63) is 23.8 Å². The molecule has 0 spiro atoms. The fraction of sp³-hybridized carbons (Fsp3) is 0.682. The maximum absolute atomic E-state index is 11.2. The molecule has 1 aliphatic heterocycles. The van der Waals surface area contributed by atoms with E-state index in [-0.39, 0.29) is 30.6 Å². The van der Waals surface area contributed by atoms with E-state index in [9.17, 15) is 4.79 Å². The van der Waals surface area contributed by atoms with Gasteiger partial charge in [0.15, 0.2) is 11.5 Å². The Kier molecular flexibility index (Phi) is 9.53. The van der Waals surface area contributed by atoms with Crippen molar-refractivity contribution in [1.82, 2.24) is 4.90 Å². The highest BCUT2D eigenvalue weighted by Crippen LogP contribution is 2.30. The number of methoxy groups -OCH3 is 2. The number of halogens is 1. The maximum atomic E-state index is 11.2. The van der Waals surface area contributed by atoms with E-state index < -0.39 is 0 Å². The van der Waals surface area contributed by atoms with E-state index >= 15 is 0 Å². The second kappa shape index (κ2) is 11.6. The molecule has 3 atom stereocenters. The van der Waals surface area contributed by atoms with Gasteiger partial charge in [0.2, 0.25) is 0 Å². The molecule has 1 heterocycles. The summed E-state index contributed by atoms with van der Waals surface area (Å²) in [5, 5.41) is 0. The summed E-state index contributed by atoms with van der Waals surface area (Å²) in [7, 11) is 3.30. The van der Waals surface area contributed by atoms with Gasteiger partial charge in [-0.05, 0) is 43.4 Å². The molecule has 0 amide bonds. The highest BCUT2D eigenvalue weighted by atomic mass is 35.5. The van der Waals surface area contributed by atoms with Gasteiger partial charge in [-0.2, -0.15) is 0 Å². The minimum atomic E-state index is -0.182. The lowest BCUT2D eigenvalue weighted by Crippen LogP contribution is -2.46. The highest BCUT2D eigenvalue weighted by molar-refractivity contribution is 5.85. The van der Waals surface area contributed by atoms with Crippen LogP contribution in [0.2, 0.25) is 0 Å². The van der Waals surface area contributed by atoms with E-state index in [0.717, 1.165) is 50.3 Å². The SMILES string of the molecule is COc1ccc(CCO[C@H]2CCCC[C@@H]2N2CCC(OC(C)=O)C2)cc1OC.Cl. The summed E-state index contributed by atoms with van der Waals surface area (Å²) in [4.78, 5) is 13.7. The number of hydrogen-bond donors (Lipinski definition) is 0. The Balaban J connectivity index is 0.00000300. The van der Waals surface area contributed by atoms with Crippen molar-refractivity contribution >= 4 is 18.4 Å². The van der Waals surface area contributed by atoms with Crippen LogP contribution in [0.3, 0.4) is 0 Å². The van der Waals surface area contributed by atoms with Gasteiger partial charge in [0.05, 0.1) is 26.9 Å². The van der Waals surface area contributed by atoms with Crippen LogP contribution in [0, 0.1) is 0 Å². The maximum Gasteiger partial charge on any atom is 0.302 e. The van der Waals surface area contributed by atoms with Gasteiger partial charge in [0, 0.05) is 26.1 Å². The predicted octanol–water partition coefficient (Wildman–Crippen LogP) is 3.63. The van der Waals surface area contributed by atoms with E-state index in [1.165, 1.54) is 25.3 Å². The number of ether oxygens (including phenoxy) is 4. The van der Waals surface area contributed by atoms with Crippen LogP contribution < -0.4 is 9.47 Å². The summed E-state index contributed by atoms with van der Waals surface area (Å²) in [6.07, 6.45) is 6.79. The molecular weight excluding hydrogens is 394 g/mol. The summed E-state index contributed by atoms with van der Waals surface area (Å²) in [5.74, 6) is 1.32. The zero-order valence-electron chi connectivity index (χ0n) is 17.7. The lowest BCUT2D eigenvalue weighted by atomic mass is 9.91. The third-order valence-corrected chi connectivity index (χ3v) is 5.82. The Labute approximate surface area is 180 Å². The van der Waals surface area contributed by atoms with Gasteiger partial charge in [-0.1, -0.05) is 18.9 Å². The number of hydrogen-bond acceptors (Lipinski definition) is 6. The fourth-order valence-corrected chi connectivity index (χ4v) is 4.44. The molecule has 0 radical (unpaired) electrons. The molecule has 0 bridgehead atoms. The molecule has 29 heavy (non-hydrogen) atoms. The van der Waals surface area contributed by atoms with Gasteiger partial charge in [0.25, 0.3) is 0 Å². The first-order chi connectivity index (χ1) is 13.6. The standard InChI is InChI=1S/C22H33NO5.ClH/c1-16(24)28-18-10-12-23(15-18)19-6-4-5-7-20(19)27-13-11-17-8-9-21(25-2)22(14-17)26-3;/h8-9,14,18-20H,4-7,10-13,15H2,1-3H3;1H/t18?,19-,20-;/m0./s1. The molecule has 164 valence electrons. The largest absolute Gasteiger partial charge is 0.493 e. The zero-order chi connectivity index (χ0) is 19.9. The molecule has 2 aliphatic rings. The molecule has 1 aliphatic carbocycles. The molecule has 1 saturated carbocycles. The molecule has 7 heteroatoms. The Morgan fingerprint density at radius 1 is 1.10 bits per heavy atom. The zero-order valence-corrected chi connectivity index (χ0v) is 18.5. The van der Waals surface area contributed by atoms with Crippen molar-refractivity contribution in [3.8, 4) is 11.5 Å². The molecule has 0 aromatic heterocycles. The van der Waals surface area contributed by atoms with E-state index in [1.54, 1.807) is 14.2 Å². The average molecular weight is 428 g/mol. The van der Waals surface area contributed by atoms with Gasteiger partial charge in [-0.15, -0.1) is 12.4 Å². The fourth-order valence-electron chi connectivity index (χ4n) is 4.44. The topological polar surface area (TPSA) is 57.2 Å². The summed E-state index contributed by atoms with van der Waals surface area (Å²) >= 11 is 0. The summed E-state index contributed by atoms with van der Waals surface area (Å²) in [6, 6.07) is 6.45. The molecule has 0 N–H and O–H groups in total. The number of benzene rings is 1. The minimum Gasteiger partial charge on any atom is -0.493 e. The van der Waals surface area contributed by atoms with Gasteiger partial charge in [-0.25, -0.2) is 0 Å². The van der Waals surface area contributed by atoms with Crippen LogP contribution in [0.5, 0.6) is 11.5 Å². The molecule has 6 nitrogen and oxygen atoms in total. The van der Waals surface area contributed by atoms with Crippen LogP contribution in [0.4, 0.5) is 0 Å². The van der Waals surface area contributed by atoms with Crippen molar-refractivity contribution in [2.24, 2.45) is 0 Å². The third kappa shape index (κ3) is 6.49. The quantitative estimate of drug-likeness (QED) is 0.590. The number of carbonyl (C=O) groups is 1. The van der Waals surface area contributed by atoms with Crippen molar-refractivity contribution in [3.63, 3.8) is 0 Å². The first-order valence-electron chi connectivity index (χ1n) is 10.3. The minimum absolute atomic E-state index is 0. The van der Waals surface area contributed by atoms with Crippen LogP contribution >= 0.6 is 12.4 Å². The number of esters is 1. The second-order valence-electron chi connectivity index (χ2n) is 7.72. The van der Waals surface area contributed by atoms with Crippen molar-refractivity contribution in [2.45, 2.75) is 63.7 Å². The molecule has 1 saturated heterocycles. The van der Waals surface area contributed by atoms with Crippen LogP contribution in [0.1, 0.15) is 44.6 Å². The van der Waals surface area contributed by atoms with Crippen molar-refractivity contribution < 1.29 is 23.7 Å². The number of rotatable bonds is 8. The lowest BCUT2D eigenvalue weighted by molar-refractivity contribution is -0.145. The molecular formula is C22H34ClNO5. The van der Waals surface area contributed by atoms with Crippen molar-refractivity contribution in [1.29, 1.82) is 0 Å². The third-order valence-electron chi connectivity index (χ3n) is 5.82. The van der Waals surface area contributed by atoms with Crippen LogP contribution in [-0.2, 0) is 20.7 Å². The van der Waals surface area contributed by atoms with E-state index in [1.807, 2.05) is 12.1 Å². The molecule has 3 rings (SSSR count). The smallest absolute Gasteiger partial charge is 0.302 e. The molecule has 1 unspecified atom stereocenters. The average Bonchev–Trinajstić information content (AvgIpc) is 3.15. The Hall–Kier alpha value is -1.50. The Bertz CT molecular complexity index is 656. The molecule has 1 aromatic carbocycles. The Morgan fingerprint density at radius 3 is 2.59 bits per heavy atom. The van der Waals surface area contributed by atoms with Crippen LogP contribution in [0.25, 0.3) is 0 Å². The molecule has 1 aromatic rings. The van der Waals surface area contributed by atoms with Gasteiger partial charge in [0.1, 0.15) is 6.10 Å². The first kappa shape index (κ1) is 23.8. The lowest BCUT2D eigenvalue weighted by Gasteiger charge is -2.37. The summed E-state index contributed by atoms with van der Waals surface area (Å²) in [6.45, 7) is 4.00. The van der Waals surface area contributed by atoms with Crippen LogP contribution in [-0.4, -0.2) is 63.0 Å². The predicted molar refractivity (Wildman–Crippen MR) is 114 cm³/mol. The monoisotopic (exact) mass is 427 g/mol. The van der Waals surface area contributed by atoms with Gasteiger partial charge < -0.3 is 18.9 Å².